The van der Waals surface area contributed by atoms with Crippen LogP contribution in [-0.4, -0.2) is 25.5 Å². The quantitative estimate of drug-likeness (QED) is 0.761. The van der Waals surface area contributed by atoms with Gasteiger partial charge in [0.1, 0.15) is 0 Å². The molecule has 1 rings (SSSR count). The van der Waals surface area contributed by atoms with Crippen LogP contribution in [0, 0.1) is 0 Å². The fourth-order valence-corrected chi connectivity index (χ4v) is 1.05. The van der Waals surface area contributed by atoms with Gasteiger partial charge in [0.2, 0.25) is 5.91 Å². The zero-order valence-electron chi connectivity index (χ0n) is 8.66. The molecule has 0 aliphatic rings. The molecule has 0 aromatic heterocycles. The van der Waals surface area contributed by atoms with Crippen LogP contribution in [-0.2, 0) is 14.6 Å². The summed E-state index contributed by atoms with van der Waals surface area (Å²) in [7, 11) is -4.17. The molecule has 0 spiro atoms. The fraction of sp³-hybridized carbons (Fsp3) is 0.222. The van der Waals surface area contributed by atoms with Gasteiger partial charge in [-0.3, -0.25) is 9.35 Å². The first kappa shape index (κ1) is 14.6. The SMILES string of the molecule is CCOS(=O)(=O)O.NC(=O)c1ccccc1. The van der Waals surface area contributed by atoms with Gasteiger partial charge in [-0.25, -0.2) is 4.18 Å². The van der Waals surface area contributed by atoms with Gasteiger partial charge in [0.05, 0.1) is 6.61 Å². The molecule has 3 N–H and O–H groups in total. The van der Waals surface area contributed by atoms with Gasteiger partial charge in [-0.1, -0.05) is 18.2 Å². The largest absolute Gasteiger partial charge is 0.397 e. The highest BCUT2D eigenvalue weighted by molar-refractivity contribution is 7.80. The summed E-state index contributed by atoms with van der Waals surface area (Å²) >= 11 is 0. The van der Waals surface area contributed by atoms with Gasteiger partial charge < -0.3 is 5.73 Å². The standard InChI is InChI=1S/C7H7NO.C2H6O4S/c8-7(9)6-4-2-1-3-5-6;1-2-6-7(3,4)5/h1-5H,(H2,8,9);2H2,1H3,(H,3,4,5). The Morgan fingerprint density at radius 1 is 1.38 bits per heavy atom. The van der Waals surface area contributed by atoms with Crippen molar-refractivity contribution in [3.8, 4) is 0 Å². The molecule has 7 heteroatoms. The second-order valence-corrected chi connectivity index (χ2v) is 3.66. The molecule has 0 saturated carbocycles. The smallest absolute Gasteiger partial charge is 0.366 e. The molecule has 1 aromatic carbocycles. The van der Waals surface area contributed by atoms with E-state index in [1.54, 1.807) is 24.3 Å². The maximum atomic E-state index is 10.4. The van der Waals surface area contributed by atoms with Crippen LogP contribution in [0.4, 0.5) is 0 Å². The minimum atomic E-state index is -4.17. The lowest BCUT2D eigenvalue weighted by Crippen LogP contribution is -2.09. The molecule has 1 amide bonds. The first-order chi connectivity index (χ1) is 7.37. The molecule has 0 heterocycles. The third-order valence-corrected chi connectivity index (χ3v) is 1.86. The predicted octanol–water partition coefficient (Wildman–Crippen LogP) is 0.611. The van der Waals surface area contributed by atoms with Crippen LogP contribution in [0.25, 0.3) is 0 Å². The third-order valence-electron chi connectivity index (χ3n) is 1.33. The molecular weight excluding hydrogens is 234 g/mol. The molecule has 0 radical (unpaired) electrons. The normalized spacial score (nSPS) is 10.1. The van der Waals surface area contributed by atoms with Gasteiger partial charge in [-0.15, -0.1) is 0 Å². The summed E-state index contributed by atoms with van der Waals surface area (Å²) in [4.78, 5) is 10.4. The number of carbonyl (C=O) groups excluding carboxylic acids is 1. The summed E-state index contributed by atoms with van der Waals surface area (Å²) in [6, 6.07) is 8.76. The third kappa shape index (κ3) is 7.92. The van der Waals surface area contributed by atoms with E-state index in [1.165, 1.54) is 6.92 Å². The molecule has 16 heavy (non-hydrogen) atoms. The van der Waals surface area contributed by atoms with Crippen molar-refractivity contribution in [3.63, 3.8) is 0 Å². The Hall–Kier alpha value is -1.44. The Balaban J connectivity index is 0.000000293. The van der Waals surface area contributed by atoms with Crippen molar-refractivity contribution in [1.82, 2.24) is 0 Å². The summed E-state index contributed by atoms with van der Waals surface area (Å²) in [6.07, 6.45) is 0. The van der Waals surface area contributed by atoms with Crippen molar-refractivity contribution in [2.24, 2.45) is 5.73 Å². The molecule has 0 atom stereocenters. The van der Waals surface area contributed by atoms with Crippen LogP contribution in [0.15, 0.2) is 30.3 Å². The molecule has 0 aliphatic carbocycles. The van der Waals surface area contributed by atoms with Crippen LogP contribution >= 0.6 is 0 Å². The van der Waals surface area contributed by atoms with E-state index < -0.39 is 10.4 Å². The summed E-state index contributed by atoms with van der Waals surface area (Å²) in [6.45, 7) is 1.44. The number of rotatable bonds is 3. The van der Waals surface area contributed by atoms with Gasteiger partial charge >= 0.3 is 10.4 Å². The number of hydrogen-bond acceptors (Lipinski definition) is 4. The Morgan fingerprint density at radius 2 is 1.88 bits per heavy atom. The highest BCUT2D eigenvalue weighted by Gasteiger charge is 1.98. The molecule has 1 aromatic rings. The lowest BCUT2D eigenvalue weighted by Gasteiger charge is -1.89. The van der Waals surface area contributed by atoms with E-state index in [0.717, 1.165) is 0 Å². The monoisotopic (exact) mass is 247 g/mol. The van der Waals surface area contributed by atoms with E-state index in [-0.39, 0.29) is 12.5 Å². The van der Waals surface area contributed by atoms with Crippen molar-refractivity contribution in [2.75, 3.05) is 6.61 Å². The van der Waals surface area contributed by atoms with Crippen molar-refractivity contribution >= 4 is 16.3 Å². The van der Waals surface area contributed by atoms with E-state index in [9.17, 15) is 13.2 Å². The number of primary amides is 1. The maximum absolute atomic E-state index is 10.4. The average Bonchev–Trinajstić information content (AvgIpc) is 2.18. The van der Waals surface area contributed by atoms with Gasteiger partial charge in [0.25, 0.3) is 0 Å². The van der Waals surface area contributed by atoms with Gasteiger partial charge in [0.15, 0.2) is 0 Å². The predicted molar refractivity (Wildman–Crippen MR) is 58.1 cm³/mol. The minimum Gasteiger partial charge on any atom is -0.366 e. The highest BCUT2D eigenvalue weighted by Crippen LogP contribution is 1.94. The van der Waals surface area contributed by atoms with E-state index in [4.69, 9.17) is 10.3 Å². The Morgan fingerprint density at radius 3 is 2.06 bits per heavy atom. The van der Waals surface area contributed by atoms with E-state index in [1.807, 2.05) is 6.07 Å². The van der Waals surface area contributed by atoms with Gasteiger partial charge in [-0.05, 0) is 19.1 Å². The fourth-order valence-electron chi connectivity index (χ4n) is 0.751. The molecule has 6 nitrogen and oxygen atoms in total. The molecular formula is C9H13NO5S. The van der Waals surface area contributed by atoms with Crippen molar-refractivity contribution in [3.05, 3.63) is 35.9 Å². The van der Waals surface area contributed by atoms with E-state index in [2.05, 4.69) is 4.18 Å². The Bertz CT molecular complexity index is 415. The summed E-state index contributed by atoms with van der Waals surface area (Å²) < 4.78 is 30.7. The van der Waals surface area contributed by atoms with Crippen LogP contribution < -0.4 is 5.73 Å². The number of hydrogen-bond donors (Lipinski definition) is 2. The van der Waals surface area contributed by atoms with E-state index in [0.29, 0.717) is 5.56 Å². The molecule has 0 fully saturated rings. The number of amides is 1. The summed E-state index contributed by atoms with van der Waals surface area (Å²) in [5.41, 5.74) is 5.53. The maximum Gasteiger partial charge on any atom is 0.397 e. The van der Waals surface area contributed by atoms with Gasteiger partial charge in [0, 0.05) is 5.56 Å². The van der Waals surface area contributed by atoms with Crippen molar-refractivity contribution < 1.29 is 21.9 Å². The average molecular weight is 247 g/mol. The van der Waals surface area contributed by atoms with Crippen molar-refractivity contribution in [2.45, 2.75) is 6.92 Å². The lowest BCUT2D eigenvalue weighted by atomic mass is 10.2. The van der Waals surface area contributed by atoms with Crippen LogP contribution in [0.1, 0.15) is 17.3 Å². The van der Waals surface area contributed by atoms with Crippen molar-refractivity contribution in [1.29, 1.82) is 0 Å². The van der Waals surface area contributed by atoms with Gasteiger partial charge in [-0.2, -0.15) is 8.42 Å². The highest BCUT2D eigenvalue weighted by atomic mass is 32.3. The molecule has 90 valence electrons. The second kappa shape index (κ2) is 6.94. The van der Waals surface area contributed by atoms with Crippen LogP contribution in [0.3, 0.4) is 0 Å². The van der Waals surface area contributed by atoms with E-state index >= 15 is 0 Å². The zero-order valence-corrected chi connectivity index (χ0v) is 9.48. The first-order valence-electron chi connectivity index (χ1n) is 4.33. The van der Waals surface area contributed by atoms with Crippen LogP contribution in [0.5, 0.6) is 0 Å². The summed E-state index contributed by atoms with van der Waals surface area (Å²) in [5.74, 6) is -0.379. The first-order valence-corrected chi connectivity index (χ1v) is 5.70. The number of benzene rings is 1. The molecule has 0 saturated heterocycles. The zero-order chi connectivity index (χ0) is 12.6. The Labute approximate surface area is 94.0 Å². The summed E-state index contributed by atoms with van der Waals surface area (Å²) in [5, 5.41) is 0. The lowest BCUT2D eigenvalue weighted by molar-refractivity contribution is 0.1000. The molecule has 0 unspecified atom stereocenters. The molecule has 0 aliphatic heterocycles. The number of carbonyl (C=O) groups is 1. The Kier molecular flexibility index (Phi) is 6.31. The topological polar surface area (TPSA) is 107 Å². The minimum absolute atomic E-state index is 0.0289. The number of nitrogens with two attached hydrogens (primary N) is 1. The second-order valence-electron chi connectivity index (χ2n) is 2.56. The molecule has 0 bridgehead atoms. The van der Waals surface area contributed by atoms with Crippen LogP contribution in [0.2, 0.25) is 0 Å².